The molecule has 1 aliphatic heterocycles. The van der Waals surface area contributed by atoms with Gasteiger partial charge < -0.3 is 4.74 Å². The first-order valence-corrected chi connectivity index (χ1v) is 12.4. The monoisotopic (exact) mass is 466 g/mol. The van der Waals surface area contributed by atoms with Crippen molar-refractivity contribution in [3.05, 3.63) is 45.6 Å². The van der Waals surface area contributed by atoms with Gasteiger partial charge in [-0.15, -0.1) is 11.3 Å². The molecule has 0 amide bonds. The van der Waals surface area contributed by atoms with Crippen LogP contribution in [-0.4, -0.2) is 60.1 Å². The van der Waals surface area contributed by atoms with Crippen LogP contribution < -0.4 is 0 Å². The maximum Gasteiger partial charge on any atom is 0.340 e. The van der Waals surface area contributed by atoms with Crippen LogP contribution in [0.3, 0.4) is 0 Å². The number of esters is 1. The average Bonchev–Trinajstić information content (AvgIpc) is 3.26. The number of aryl methyl sites for hydroxylation is 1. The molecule has 0 saturated heterocycles. The van der Waals surface area contributed by atoms with E-state index in [1.807, 2.05) is 24.9 Å². The fourth-order valence-electron chi connectivity index (χ4n) is 3.78. The Kier molecular flexibility index (Phi) is 7.04. The number of carbonyl (C=O) groups is 1. The minimum absolute atomic E-state index is 0.0758. The van der Waals surface area contributed by atoms with Crippen molar-refractivity contribution < 1.29 is 17.9 Å². The lowest BCUT2D eigenvalue weighted by Crippen LogP contribution is -2.33. The second-order valence-electron chi connectivity index (χ2n) is 7.89. The fraction of sp³-hybridized carbons (Fsp3) is 0.524. The van der Waals surface area contributed by atoms with E-state index in [1.54, 1.807) is 13.8 Å². The highest BCUT2D eigenvalue weighted by Gasteiger charge is 2.36. The minimum atomic E-state index is -3.85. The Morgan fingerprint density at radius 2 is 2.13 bits per heavy atom. The SMILES string of the molecule is C=C(C)CN(CC)S(=O)(=O)c1sc2c(c1C(=O)OC)CCN(Cc1cnn(C)c1C)C2. The third kappa shape index (κ3) is 4.62. The van der Waals surface area contributed by atoms with Crippen molar-refractivity contribution in [1.82, 2.24) is 19.0 Å². The van der Waals surface area contributed by atoms with Gasteiger partial charge in [-0.1, -0.05) is 19.1 Å². The molecule has 0 aliphatic carbocycles. The Morgan fingerprint density at radius 1 is 1.42 bits per heavy atom. The summed E-state index contributed by atoms with van der Waals surface area (Å²) in [6, 6.07) is 0. The summed E-state index contributed by atoms with van der Waals surface area (Å²) in [4.78, 5) is 15.8. The number of ether oxygens (including phenoxy) is 1. The number of nitrogens with zero attached hydrogens (tertiary/aromatic N) is 4. The quantitative estimate of drug-likeness (QED) is 0.439. The molecule has 0 radical (unpaired) electrons. The van der Waals surface area contributed by atoms with Crippen LogP contribution in [0.1, 0.15) is 45.9 Å². The van der Waals surface area contributed by atoms with E-state index < -0.39 is 16.0 Å². The fourth-order valence-corrected chi connectivity index (χ4v) is 7.36. The summed E-state index contributed by atoms with van der Waals surface area (Å²) >= 11 is 1.18. The van der Waals surface area contributed by atoms with E-state index in [0.29, 0.717) is 19.5 Å². The van der Waals surface area contributed by atoms with Gasteiger partial charge in [0.1, 0.15) is 4.21 Å². The summed E-state index contributed by atoms with van der Waals surface area (Å²) in [5.41, 5.74) is 3.97. The molecule has 0 saturated carbocycles. The van der Waals surface area contributed by atoms with Crippen molar-refractivity contribution in [2.75, 3.05) is 26.7 Å². The molecule has 2 aromatic heterocycles. The maximum atomic E-state index is 13.4. The maximum absolute atomic E-state index is 13.4. The number of likely N-dealkylation sites (N-methyl/N-ethyl adjacent to an activating group) is 1. The molecule has 0 unspecified atom stereocenters. The number of rotatable bonds is 8. The normalized spacial score (nSPS) is 14.6. The van der Waals surface area contributed by atoms with E-state index in [-0.39, 0.29) is 16.3 Å². The standard InChI is InChI=1S/C21H30N4O4S2/c1-7-25(11-14(2)3)31(27,28)21-19(20(26)29-6)17-8-9-24(13-18(17)30-21)12-16-10-22-23(5)15(16)4/h10H,2,7-9,11-13H2,1,3-6H3. The zero-order valence-corrected chi connectivity index (χ0v) is 20.4. The third-order valence-electron chi connectivity index (χ3n) is 5.60. The van der Waals surface area contributed by atoms with Crippen molar-refractivity contribution in [1.29, 1.82) is 0 Å². The lowest BCUT2D eigenvalue weighted by molar-refractivity contribution is 0.0595. The number of aromatic nitrogens is 2. The molecule has 3 heterocycles. The Hall–Kier alpha value is -2.01. The zero-order valence-electron chi connectivity index (χ0n) is 18.8. The minimum Gasteiger partial charge on any atom is -0.465 e. The van der Waals surface area contributed by atoms with E-state index in [2.05, 4.69) is 16.6 Å². The summed E-state index contributed by atoms with van der Waals surface area (Å²) in [6.07, 6.45) is 2.46. The molecule has 3 rings (SSSR count). The summed E-state index contributed by atoms with van der Waals surface area (Å²) in [5, 5.41) is 4.30. The Labute approximate surface area is 188 Å². The first kappa shape index (κ1) is 23.6. The molecule has 0 bridgehead atoms. The first-order valence-electron chi connectivity index (χ1n) is 10.2. The van der Waals surface area contributed by atoms with Crippen LogP contribution in [0.4, 0.5) is 0 Å². The number of sulfonamides is 1. The molecular formula is C21H30N4O4S2. The highest BCUT2D eigenvalue weighted by molar-refractivity contribution is 7.91. The van der Waals surface area contributed by atoms with E-state index in [1.165, 1.54) is 22.8 Å². The third-order valence-corrected chi connectivity index (χ3v) is 9.23. The van der Waals surface area contributed by atoms with Gasteiger partial charge in [-0.3, -0.25) is 9.58 Å². The van der Waals surface area contributed by atoms with Gasteiger partial charge in [-0.25, -0.2) is 13.2 Å². The van der Waals surface area contributed by atoms with Crippen LogP contribution in [0.5, 0.6) is 0 Å². The lowest BCUT2D eigenvalue weighted by atomic mass is 10.0. The summed E-state index contributed by atoms with van der Waals surface area (Å²) in [7, 11) is -0.648. The van der Waals surface area contributed by atoms with Gasteiger partial charge >= 0.3 is 5.97 Å². The molecule has 0 atom stereocenters. The molecule has 8 nitrogen and oxygen atoms in total. The molecule has 0 fully saturated rings. The van der Waals surface area contributed by atoms with E-state index in [0.717, 1.165) is 40.4 Å². The molecule has 0 spiro atoms. The molecular weight excluding hydrogens is 436 g/mol. The predicted octanol–water partition coefficient (Wildman–Crippen LogP) is 2.72. The van der Waals surface area contributed by atoms with Gasteiger partial charge in [-0.05, 0) is 25.8 Å². The smallest absolute Gasteiger partial charge is 0.340 e. The molecule has 10 heteroatoms. The summed E-state index contributed by atoms with van der Waals surface area (Å²) in [6.45, 7) is 12.0. The predicted molar refractivity (Wildman–Crippen MR) is 121 cm³/mol. The Bertz CT molecular complexity index is 1100. The Morgan fingerprint density at radius 3 is 2.68 bits per heavy atom. The van der Waals surface area contributed by atoms with Crippen molar-refractivity contribution in [3.63, 3.8) is 0 Å². The van der Waals surface area contributed by atoms with Crippen LogP contribution in [-0.2, 0) is 41.3 Å². The van der Waals surface area contributed by atoms with Gasteiger partial charge in [-0.2, -0.15) is 9.40 Å². The van der Waals surface area contributed by atoms with Gasteiger partial charge in [0, 0.05) is 55.9 Å². The van der Waals surface area contributed by atoms with Gasteiger partial charge in [0.05, 0.1) is 18.9 Å². The van der Waals surface area contributed by atoms with Crippen LogP contribution in [0.15, 0.2) is 22.6 Å². The molecule has 31 heavy (non-hydrogen) atoms. The second-order valence-corrected chi connectivity index (χ2v) is 11.1. The number of methoxy groups -OCH3 is 1. The molecule has 1 aliphatic rings. The first-order chi connectivity index (χ1) is 14.6. The number of thiophene rings is 1. The highest BCUT2D eigenvalue weighted by atomic mass is 32.2. The zero-order chi connectivity index (χ0) is 22.9. The summed E-state index contributed by atoms with van der Waals surface area (Å²) < 4.78 is 35.1. The van der Waals surface area contributed by atoms with Crippen LogP contribution in [0.2, 0.25) is 0 Å². The summed E-state index contributed by atoms with van der Waals surface area (Å²) in [5.74, 6) is -0.598. The average molecular weight is 467 g/mol. The topological polar surface area (TPSA) is 84.7 Å². The van der Waals surface area contributed by atoms with E-state index >= 15 is 0 Å². The van der Waals surface area contributed by atoms with Crippen LogP contribution >= 0.6 is 11.3 Å². The van der Waals surface area contributed by atoms with Gasteiger partial charge in [0.25, 0.3) is 10.0 Å². The molecule has 0 N–H and O–H groups in total. The molecule has 170 valence electrons. The number of hydrogen-bond donors (Lipinski definition) is 0. The van der Waals surface area contributed by atoms with Crippen molar-refractivity contribution in [3.8, 4) is 0 Å². The number of carbonyl (C=O) groups excluding carboxylic acids is 1. The lowest BCUT2D eigenvalue weighted by Gasteiger charge is -2.26. The van der Waals surface area contributed by atoms with Crippen LogP contribution in [0, 0.1) is 6.92 Å². The van der Waals surface area contributed by atoms with E-state index in [4.69, 9.17) is 4.74 Å². The molecule has 0 aromatic carbocycles. The van der Waals surface area contributed by atoms with Crippen molar-refractivity contribution in [2.24, 2.45) is 7.05 Å². The second kappa shape index (κ2) is 9.23. The number of fused-ring (bicyclic) bond motifs is 1. The van der Waals surface area contributed by atoms with Crippen molar-refractivity contribution >= 4 is 27.3 Å². The van der Waals surface area contributed by atoms with E-state index in [9.17, 15) is 13.2 Å². The number of hydrogen-bond acceptors (Lipinski definition) is 7. The molecule has 2 aromatic rings. The van der Waals surface area contributed by atoms with Crippen LogP contribution in [0.25, 0.3) is 0 Å². The highest BCUT2D eigenvalue weighted by Crippen LogP contribution is 2.38. The Balaban J connectivity index is 1.98. The largest absolute Gasteiger partial charge is 0.465 e. The van der Waals surface area contributed by atoms with Gasteiger partial charge in [0.2, 0.25) is 0 Å². The van der Waals surface area contributed by atoms with Gasteiger partial charge in [0.15, 0.2) is 0 Å². The van der Waals surface area contributed by atoms with Crippen molar-refractivity contribution in [2.45, 2.75) is 44.5 Å².